The summed E-state index contributed by atoms with van der Waals surface area (Å²) in [6.07, 6.45) is 0. The molecular formula is C10H17ClN2O5S2. The van der Waals surface area contributed by atoms with E-state index in [1.807, 2.05) is 0 Å². The Morgan fingerprint density at radius 1 is 1.35 bits per heavy atom. The van der Waals surface area contributed by atoms with Crippen molar-refractivity contribution in [2.75, 3.05) is 34.4 Å². The number of thiophene rings is 1. The standard InChI is InChI=1S/C10H16N2O5S2.ClH/c1-11-4-5-12-19(14,15)10-7(16-2)6-8(18-10)9(13)17-3;/h6,11-12H,4-5H2,1-3H3;1H. The van der Waals surface area contributed by atoms with Crippen LogP contribution >= 0.6 is 23.7 Å². The summed E-state index contributed by atoms with van der Waals surface area (Å²) in [6.45, 7) is 0.740. The first-order chi connectivity index (χ1) is 8.96. The number of likely N-dealkylation sites (N-methyl/N-ethyl adjacent to an activating group) is 1. The van der Waals surface area contributed by atoms with Crippen LogP contribution in [0.1, 0.15) is 9.67 Å². The van der Waals surface area contributed by atoms with Gasteiger partial charge in [-0.1, -0.05) is 0 Å². The molecule has 10 heteroatoms. The van der Waals surface area contributed by atoms with E-state index in [0.717, 1.165) is 11.3 Å². The molecule has 0 aliphatic rings. The number of carbonyl (C=O) groups excluding carboxylic acids is 1. The molecule has 1 aromatic rings. The Balaban J connectivity index is 0.00000361. The molecule has 0 radical (unpaired) electrons. The predicted molar refractivity (Wildman–Crippen MR) is 78.6 cm³/mol. The number of halogens is 1. The first kappa shape index (κ1) is 19.1. The van der Waals surface area contributed by atoms with Crippen LogP contribution in [0, 0.1) is 0 Å². The highest BCUT2D eigenvalue weighted by Gasteiger charge is 2.25. The van der Waals surface area contributed by atoms with Crippen molar-refractivity contribution < 1.29 is 22.7 Å². The summed E-state index contributed by atoms with van der Waals surface area (Å²) < 4.78 is 36.0. The molecule has 0 aliphatic heterocycles. The number of methoxy groups -OCH3 is 2. The third kappa shape index (κ3) is 4.60. The molecule has 0 aromatic carbocycles. The van der Waals surface area contributed by atoms with Gasteiger partial charge in [-0.3, -0.25) is 0 Å². The molecule has 2 N–H and O–H groups in total. The zero-order chi connectivity index (χ0) is 14.5. The van der Waals surface area contributed by atoms with Crippen LogP contribution in [0.15, 0.2) is 10.3 Å². The van der Waals surface area contributed by atoms with Gasteiger partial charge in [0.05, 0.1) is 14.2 Å². The summed E-state index contributed by atoms with van der Waals surface area (Å²) in [5, 5.41) is 2.82. The largest absolute Gasteiger partial charge is 0.494 e. The van der Waals surface area contributed by atoms with Gasteiger partial charge in [0.1, 0.15) is 4.88 Å². The molecule has 116 valence electrons. The van der Waals surface area contributed by atoms with Gasteiger partial charge < -0.3 is 14.8 Å². The number of esters is 1. The van der Waals surface area contributed by atoms with Crippen LogP contribution in [0.2, 0.25) is 0 Å². The molecule has 0 spiro atoms. The van der Waals surface area contributed by atoms with E-state index in [1.54, 1.807) is 7.05 Å². The molecule has 20 heavy (non-hydrogen) atoms. The number of rotatable bonds is 7. The van der Waals surface area contributed by atoms with E-state index in [1.165, 1.54) is 20.3 Å². The molecule has 0 saturated carbocycles. The zero-order valence-electron chi connectivity index (χ0n) is 11.3. The van der Waals surface area contributed by atoms with Crippen LogP contribution in [-0.4, -0.2) is 48.7 Å². The van der Waals surface area contributed by atoms with E-state index in [4.69, 9.17) is 4.74 Å². The fraction of sp³-hybridized carbons (Fsp3) is 0.500. The maximum Gasteiger partial charge on any atom is 0.348 e. The van der Waals surface area contributed by atoms with Crippen LogP contribution in [0.3, 0.4) is 0 Å². The Kier molecular flexibility index (Phi) is 8.06. The summed E-state index contributed by atoms with van der Waals surface area (Å²) in [5.41, 5.74) is 0. The van der Waals surface area contributed by atoms with Crippen molar-refractivity contribution >= 4 is 39.7 Å². The highest BCUT2D eigenvalue weighted by atomic mass is 35.5. The van der Waals surface area contributed by atoms with E-state index in [9.17, 15) is 13.2 Å². The number of sulfonamides is 1. The number of hydrogen-bond acceptors (Lipinski definition) is 7. The number of hydrogen-bond donors (Lipinski definition) is 2. The summed E-state index contributed by atoms with van der Waals surface area (Å²) in [5.74, 6) is -0.470. The molecule has 7 nitrogen and oxygen atoms in total. The summed E-state index contributed by atoms with van der Waals surface area (Å²) in [7, 11) is 0.590. The molecule has 0 atom stereocenters. The highest BCUT2D eigenvalue weighted by Crippen LogP contribution is 2.33. The van der Waals surface area contributed by atoms with Gasteiger partial charge in [0.15, 0.2) is 9.96 Å². The SMILES string of the molecule is CNCCNS(=O)(=O)c1sc(C(=O)OC)cc1OC.Cl. The Labute approximate surface area is 128 Å². The normalized spacial score (nSPS) is 10.8. The first-order valence-corrected chi connectivity index (χ1v) is 7.66. The fourth-order valence-corrected chi connectivity index (χ4v) is 3.83. The van der Waals surface area contributed by atoms with Crippen LogP contribution in [0.5, 0.6) is 5.75 Å². The van der Waals surface area contributed by atoms with Crippen LogP contribution in [0.25, 0.3) is 0 Å². The molecule has 1 rings (SSSR count). The van der Waals surface area contributed by atoms with E-state index >= 15 is 0 Å². The fourth-order valence-electron chi connectivity index (χ4n) is 1.26. The second-order valence-corrected chi connectivity index (χ2v) is 6.47. The lowest BCUT2D eigenvalue weighted by Crippen LogP contribution is -2.30. The maximum atomic E-state index is 12.1. The van der Waals surface area contributed by atoms with E-state index in [-0.39, 0.29) is 33.8 Å². The lowest BCUT2D eigenvalue weighted by molar-refractivity contribution is 0.0606. The Morgan fingerprint density at radius 2 is 2.00 bits per heavy atom. The number of ether oxygens (including phenoxy) is 2. The smallest absolute Gasteiger partial charge is 0.348 e. The van der Waals surface area contributed by atoms with Crippen molar-refractivity contribution in [1.82, 2.24) is 10.0 Å². The topological polar surface area (TPSA) is 93.7 Å². The minimum atomic E-state index is -3.70. The second kappa shape index (κ2) is 8.42. The van der Waals surface area contributed by atoms with Crippen molar-refractivity contribution in [2.24, 2.45) is 0 Å². The van der Waals surface area contributed by atoms with Gasteiger partial charge in [-0.15, -0.1) is 23.7 Å². The van der Waals surface area contributed by atoms with E-state index < -0.39 is 16.0 Å². The van der Waals surface area contributed by atoms with Crippen LogP contribution in [-0.2, 0) is 14.8 Å². The molecule has 0 amide bonds. The number of carbonyl (C=O) groups is 1. The number of nitrogens with one attached hydrogen (secondary N) is 2. The molecule has 0 fully saturated rings. The first-order valence-electron chi connectivity index (χ1n) is 5.36. The minimum absolute atomic E-state index is 0. The van der Waals surface area contributed by atoms with Gasteiger partial charge in [-0.25, -0.2) is 17.9 Å². The summed E-state index contributed by atoms with van der Waals surface area (Å²) in [6, 6.07) is 1.35. The van der Waals surface area contributed by atoms with Crippen LogP contribution < -0.4 is 14.8 Å². The lowest BCUT2D eigenvalue weighted by Gasteiger charge is -2.06. The quantitative estimate of drug-likeness (QED) is 0.551. The van der Waals surface area contributed by atoms with E-state index in [2.05, 4.69) is 14.8 Å². The highest BCUT2D eigenvalue weighted by molar-refractivity contribution is 7.91. The molecular weight excluding hydrogens is 328 g/mol. The van der Waals surface area contributed by atoms with Gasteiger partial charge in [0, 0.05) is 19.2 Å². The van der Waals surface area contributed by atoms with Crippen molar-refractivity contribution in [2.45, 2.75) is 4.21 Å². The summed E-state index contributed by atoms with van der Waals surface area (Å²) >= 11 is 0.811. The molecule has 1 heterocycles. The average Bonchev–Trinajstić information content (AvgIpc) is 2.83. The van der Waals surface area contributed by atoms with Gasteiger partial charge in [-0.2, -0.15) is 0 Å². The molecule has 0 saturated heterocycles. The minimum Gasteiger partial charge on any atom is -0.494 e. The molecule has 0 unspecified atom stereocenters. The van der Waals surface area contributed by atoms with Gasteiger partial charge >= 0.3 is 5.97 Å². The Bertz CT molecular complexity index is 544. The average molecular weight is 345 g/mol. The third-order valence-corrected chi connectivity index (χ3v) is 5.26. The molecule has 0 aliphatic carbocycles. The van der Waals surface area contributed by atoms with Crippen molar-refractivity contribution in [1.29, 1.82) is 0 Å². The van der Waals surface area contributed by atoms with Crippen molar-refractivity contribution in [3.63, 3.8) is 0 Å². The monoisotopic (exact) mass is 344 g/mol. The summed E-state index contributed by atoms with van der Waals surface area (Å²) in [4.78, 5) is 11.6. The van der Waals surface area contributed by atoms with Gasteiger partial charge in [0.2, 0.25) is 0 Å². The zero-order valence-corrected chi connectivity index (χ0v) is 13.7. The Morgan fingerprint density at radius 3 is 2.50 bits per heavy atom. The molecule has 0 bridgehead atoms. The van der Waals surface area contributed by atoms with Crippen molar-refractivity contribution in [3.05, 3.63) is 10.9 Å². The van der Waals surface area contributed by atoms with Crippen molar-refractivity contribution in [3.8, 4) is 5.75 Å². The van der Waals surface area contributed by atoms with Gasteiger partial charge in [0.25, 0.3) is 10.0 Å². The Hall–Kier alpha value is -0.870. The van der Waals surface area contributed by atoms with Crippen LogP contribution in [0.4, 0.5) is 0 Å². The lowest BCUT2D eigenvalue weighted by atomic mass is 10.4. The molecule has 1 aromatic heterocycles. The maximum absolute atomic E-state index is 12.1. The predicted octanol–water partition coefficient (Wildman–Crippen LogP) is 0.463. The third-order valence-electron chi connectivity index (χ3n) is 2.18. The van der Waals surface area contributed by atoms with Gasteiger partial charge in [-0.05, 0) is 7.05 Å². The second-order valence-electron chi connectivity index (χ2n) is 3.46. The van der Waals surface area contributed by atoms with E-state index in [0.29, 0.717) is 6.54 Å².